The lowest BCUT2D eigenvalue weighted by Gasteiger charge is -2.24. The van der Waals surface area contributed by atoms with Crippen LogP contribution in [0.1, 0.15) is 69.6 Å². The first-order valence-corrected chi connectivity index (χ1v) is 12.9. The molecule has 2 amide bonds. The van der Waals surface area contributed by atoms with Crippen molar-refractivity contribution in [1.29, 1.82) is 0 Å². The molecule has 0 saturated carbocycles. The van der Waals surface area contributed by atoms with E-state index in [0.29, 0.717) is 70.1 Å². The number of aliphatic imine (C=N–C) groups is 1. The van der Waals surface area contributed by atoms with Crippen LogP contribution in [-0.2, 0) is 20.9 Å². The van der Waals surface area contributed by atoms with Gasteiger partial charge in [-0.15, -0.1) is 11.3 Å². The number of nitrogens with one attached hydrogen (secondary N) is 1. The second-order valence-electron chi connectivity index (χ2n) is 9.84. The van der Waals surface area contributed by atoms with Gasteiger partial charge in [0.25, 0.3) is 0 Å². The van der Waals surface area contributed by atoms with Crippen molar-refractivity contribution in [2.24, 2.45) is 21.9 Å². The van der Waals surface area contributed by atoms with Crippen LogP contribution in [0.5, 0.6) is 0 Å². The van der Waals surface area contributed by atoms with Gasteiger partial charge in [-0.3, -0.25) is 9.59 Å². The topological polar surface area (TPSA) is 123 Å². The van der Waals surface area contributed by atoms with Gasteiger partial charge in [0, 0.05) is 49.5 Å². The van der Waals surface area contributed by atoms with Gasteiger partial charge in [0.2, 0.25) is 11.8 Å². The van der Waals surface area contributed by atoms with Gasteiger partial charge in [0.1, 0.15) is 5.84 Å². The van der Waals surface area contributed by atoms with E-state index >= 15 is 0 Å². The molecule has 8 nitrogen and oxygen atoms in total. The summed E-state index contributed by atoms with van der Waals surface area (Å²) in [6.07, 6.45) is 5.11. The van der Waals surface area contributed by atoms with E-state index in [1.54, 1.807) is 11.3 Å². The van der Waals surface area contributed by atoms with E-state index < -0.39 is 0 Å². The van der Waals surface area contributed by atoms with Crippen molar-refractivity contribution in [3.63, 3.8) is 0 Å². The maximum absolute atomic E-state index is 13.4. The molecule has 34 heavy (non-hydrogen) atoms. The van der Waals surface area contributed by atoms with Crippen LogP contribution < -0.4 is 16.8 Å². The Balaban J connectivity index is 2.02. The molecule has 1 aromatic rings. The summed E-state index contributed by atoms with van der Waals surface area (Å²) in [6.45, 7) is 11.7. The van der Waals surface area contributed by atoms with Crippen molar-refractivity contribution < 1.29 is 14.3 Å². The fourth-order valence-corrected chi connectivity index (χ4v) is 4.64. The number of nitrogens with zero attached hydrogens (tertiary/aromatic N) is 2. The lowest BCUT2D eigenvalue weighted by atomic mass is 9.92. The molecule has 0 spiro atoms. The van der Waals surface area contributed by atoms with Gasteiger partial charge in [0.15, 0.2) is 0 Å². The van der Waals surface area contributed by atoms with Crippen LogP contribution in [0.15, 0.2) is 16.6 Å². The van der Waals surface area contributed by atoms with Gasteiger partial charge in [-0.05, 0) is 43.4 Å². The summed E-state index contributed by atoms with van der Waals surface area (Å²) < 4.78 is 5.66. The third-order valence-corrected chi connectivity index (χ3v) is 6.19. The van der Waals surface area contributed by atoms with E-state index in [-0.39, 0.29) is 17.2 Å². The van der Waals surface area contributed by atoms with Crippen molar-refractivity contribution in [3.8, 4) is 0 Å². The number of rotatable bonds is 13. The summed E-state index contributed by atoms with van der Waals surface area (Å²) in [4.78, 5) is 33.8. The minimum Gasteiger partial charge on any atom is -0.387 e. The molecule has 0 unspecified atom stereocenters. The van der Waals surface area contributed by atoms with E-state index in [4.69, 9.17) is 16.2 Å². The quantitative estimate of drug-likeness (QED) is 0.364. The Kier molecular flexibility index (Phi) is 11.2. The highest BCUT2D eigenvalue weighted by Crippen LogP contribution is 2.35. The highest BCUT2D eigenvalue weighted by molar-refractivity contribution is 7.13. The predicted octanol–water partition coefficient (Wildman–Crippen LogP) is 3.57. The molecule has 0 fully saturated rings. The fraction of sp³-hybridized carbons (Fsp3) is 0.640. The summed E-state index contributed by atoms with van der Waals surface area (Å²) in [5.41, 5.74) is 13.1. The van der Waals surface area contributed by atoms with Crippen molar-refractivity contribution in [2.75, 3.05) is 32.8 Å². The number of ether oxygens (including phenoxy) is 1. The van der Waals surface area contributed by atoms with Crippen LogP contribution in [0.3, 0.4) is 0 Å². The van der Waals surface area contributed by atoms with E-state index in [0.717, 1.165) is 28.3 Å². The van der Waals surface area contributed by atoms with Crippen LogP contribution in [0.2, 0.25) is 0 Å². The molecule has 1 aliphatic rings. The Morgan fingerprint density at radius 3 is 2.71 bits per heavy atom. The maximum Gasteiger partial charge on any atom is 0.250 e. The first kappa shape index (κ1) is 28.0. The second-order valence-corrected chi connectivity index (χ2v) is 11.0. The molecule has 1 aliphatic heterocycles. The first-order chi connectivity index (χ1) is 16.1. The van der Waals surface area contributed by atoms with Crippen LogP contribution >= 0.6 is 11.3 Å². The number of amidine groups is 1. The average molecular weight is 492 g/mol. The molecule has 0 aliphatic carbocycles. The van der Waals surface area contributed by atoms with Gasteiger partial charge in [-0.25, -0.2) is 4.99 Å². The van der Waals surface area contributed by atoms with Crippen molar-refractivity contribution in [1.82, 2.24) is 10.2 Å². The van der Waals surface area contributed by atoms with E-state index in [9.17, 15) is 9.59 Å². The lowest BCUT2D eigenvalue weighted by molar-refractivity contribution is -0.127. The predicted molar refractivity (Wildman–Crippen MR) is 140 cm³/mol. The molecule has 2 rings (SSSR count). The number of thiophene rings is 1. The van der Waals surface area contributed by atoms with Crippen molar-refractivity contribution >= 4 is 40.8 Å². The Bertz CT molecular complexity index is 886. The Hall–Kier alpha value is -2.23. The molecule has 0 saturated heterocycles. The molecule has 9 heteroatoms. The SMILES string of the molecule is CCCN(CCCNC(=O)CC(C)(C)C)C(=O)C1=Cc2sc(COCCCN)cc2N=C(N)C1. The third kappa shape index (κ3) is 9.56. The summed E-state index contributed by atoms with van der Waals surface area (Å²) in [5, 5.41) is 2.96. The number of fused-ring (bicyclic) bond motifs is 1. The number of hydrogen-bond donors (Lipinski definition) is 3. The molecule has 0 atom stereocenters. The molecular weight excluding hydrogens is 450 g/mol. The largest absolute Gasteiger partial charge is 0.387 e. The summed E-state index contributed by atoms with van der Waals surface area (Å²) >= 11 is 1.57. The van der Waals surface area contributed by atoms with Crippen molar-refractivity contribution in [2.45, 2.75) is 66.4 Å². The van der Waals surface area contributed by atoms with E-state index in [2.05, 4.69) is 17.2 Å². The van der Waals surface area contributed by atoms with Gasteiger partial charge in [-0.1, -0.05) is 27.7 Å². The number of carbonyl (C=O) groups excluding carboxylic acids is 2. The molecule has 190 valence electrons. The normalized spacial score (nSPS) is 13.6. The van der Waals surface area contributed by atoms with Crippen LogP contribution in [0, 0.1) is 5.41 Å². The van der Waals surface area contributed by atoms with Gasteiger partial charge in [0.05, 0.1) is 17.2 Å². The molecule has 0 aromatic carbocycles. The molecule has 1 aromatic heterocycles. The first-order valence-electron chi connectivity index (χ1n) is 12.1. The smallest absolute Gasteiger partial charge is 0.250 e. The van der Waals surface area contributed by atoms with E-state index in [1.807, 2.05) is 37.8 Å². The number of carbonyl (C=O) groups is 2. The Morgan fingerprint density at radius 2 is 2.03 bits per heavy atom. The number of nitrogens with two attached hydrogens (primary N) is 2. The zero-order valence-corrected chi connectivity index (χ0v) is 21.9. The highest BCUT2D eigenvalue weighted by atomic mass is 32.1. The lowest BCUT2D eigenvalue weighted by Crippen LogP contribution is -2.36. The van der Waals surface area contributed by atoms with Gasteiger partial charge >= 0.3 is 0 Å². The fourth-order valence-electron chi connectivity index (χ4n) is 3.63. The van der Waals surface area contributed by atoms with Crippen molar-refractivity contribution in [3.05, 3.63) is 21.4 Å². The molecule has 0 radical (unpaired) electrons. The average Bonchev–Trinajstić information content (AvgIpc) is 3.04. The molecular formula is C25H41N5O3S. The number of amides is 2. The van der Waals surface area contributed by atoms with Gasteiger partial charge in [-0.2, -0.15) is 0 Å². The molecule has 5 N–H and O–H groups in total. The molecule has 0 bridgehead atoms. The second kappa shape index (κ2) is 13.6. The highest BCUT2D eigenvalue weighted by Gasteiger charge is 2.22. The minimum atomic E-state index is -0.0428. The zero-order chi connectivity index (χ0) is 25.1. The standard InChI is InChI=1S/C25H41N5O3S/c1-5-10-30(11-7-9-28-23(31)16-25(2,3)4)24(32)18-13-21-20(29-22(27)14-18)15-19(34-21)17-33-12-6-8-26/h13,15H,5-12,14,16-17,26H2,1-4H3,(H2,27,29)(H,28,31). The minimum absolute atomic E-state index is 0.0250. The van der Waals surface area contributed by atoms with Crippen LogP contribution in [0.25, 0.3) is 6.08 Å². The Morgan fingerprint density at radius 1 is 1.26 bits per heavy atom. The summed E-state index contributed by atoms with van der Waals surface area (Å²) in [6, 6.07) is 1.98. The number of hydrogen-bond acceptors (Lipinski definition) is 7. The summed E-state index contributed by atoms with van der Waals surface area (Å²) in [7, 11) is 0. The van der Waals surface area contributed by atoms with Gasteiger partial charge < -0.3 is 26.4 Å². The van der Waals surface area contributed by atoms with Crippen LogP contribution in [-0.4, -0.2) is 55.3 Å². The van der Waals surface area contributed by atoms with Crippen LogP contribution in [0.4, 0.5) is 5.69 Å². The monoisotopic (exact) mass is 491 g/mol. The summed E-state index contributed by atoms with van der Waals surface area (Å²) in [5.74, 6) is 0.449. The Labute approximate surface area is 207 Å². The zero-order valence-electron chi connectivity index (χ0n) is 21.1. The van der Waals surface area contributed by atoms with E-state index in [1.165, 1.54) is 0 Å². The maximum atomic E-state index is 13.4. The third-order valence-electron chi connectivity index (χ3n) is 5.14. The molecule has 2 heterocycles.